The van der Waals surface area contributed by atoms with E-state index in [9.17, 15) is 4.79 Å². The van der Waals surface area contributed by atoms with Crippen LogP contribution in [0.2, 0.25) is 10.3 Å². The Morgan fingerprint density at radius 3 is 2.85 bits per heavy atom. The minimum atomic E-state index is -0.513. The van der Waals surface area contributed by atoms with Crippen molar-refractivity contribution in [2.45, 2.75) is 19.0 Å². The molecule has 9 heteroatoms. The molecule has 0 saturated carbocycles. The lowest BCUT2D eigenvalue weighted by Gasteiger charge is -2.36. The molecule has 0 bridgehead atoms. The van der Waals surface area contributed by atoms with E-state index in [1.807, 2.05) is 24.0 Å². The lowest BCUT2D eigenvalue weighted by molar-refractivity contribution is -0.125. The molecule has 2 heterocycles. The number of nitrogens with zero attached hydrogens (tertiary/aromatic N) is 3. The quantitative estimate of drug-likeness (QED) is 0.707. The van der Waals surface area contributed by atoms with Crippen molar-refractivity contribution >= 4 is 50.9 Å². The number of rotatable bonds is 4. The third-order valence-electron chi connectivity index (χ3n) is 4.13. The third kappa shape index (κ3) is 4.46. The largest absolute Gasteiger partial charge is 0.377 e. The van der Waals surface area contributed by atoms with Crippen LogP contribution in [0, 0.1) is 0 Å². The molecule has 0 aliphatic carbocycles. The molecule has 1 aliphatic rings. The highest BCUT2D eigenvalue weighted by atomic mass is 79.9. The fraction of sp³-hybridized carbons (Fsp3) is 0.353. The molecule has 0 radical (unpaired) electrons. The first kappa shape index (κ1) is 19.4. The number of ether oxygens (including phenoxy) is 1. The lowest BCUT2D eigenvalue weighted by Crippen LogP contribution is -2.54. The second-order valence-corrected chi connectivity index (χ2v) is 7.51. The van der Waals surface area contributed by atoms with Gasteiger partial charge in [0.05, 0.1) is 23.7 Å². The van der Waals surface area contributed by atoms with E-state index in [0.29, 0.717) is 28.5 Å². The van der Waals surface area contributed by atoms with Gasteiger partial charge in [-0.3, -0.25) is 4.79 Å². The number of nitrogens with one attached hydrogen (secondary N) is 1. The molecule has 1 fully saturated rings. The van der Waals surface area contributed by atoms with Gasteiger partial charge in [-0.1, -0.05) is 23.7 Å². The summed E-state index contributed by atoms with van der Waals surface area (Å²) in [6.45, 7) is 3.23. The zero-order valence-corrected chi connectivity index (χ0v) is 17.1. The van der Waals surface area contributed by atoms with Crippen LogP contribution in [-0.4, -0.2) is 41.7 Å². The first-order valence-electron chi connectivity index (χ1n) is 8.04. The van der Waals surface area contributed by atoms with Crippen LogP contribution in [0.15, 0.2) is 34.9 Å². The van der Waals surface area contributed by atoms with E-state index in [1.54, 1.807) is 18.3 Å². The maximum Gasteiger partial charge on any atom is 0.245 e. The molecule has 0 spiro atoms. The summed E-state index contributed by atoms with van der Waals surface area (Å²) in [6.07, 6.45) is 1.57. The smallest absolute Gasteiger partial charge is 0.245 e. The number of hydrogen-bond donors (Lipinski definition) is 1. The van der Waals surface area contributed by atoms with Crippen molar-refractivity contribution in [1.82, 2.24) is 15.3 Å². The fourth-order valence-corrected chi connectivity index (χ4v) is 3.43. The second-order valence-electron chi connectivity index (χ2n) is 5.88. The minimum Gasteiger partial charge on any atom is -0.377 e. The maximum atomic E-state index is 12.9. The van der Waals surface area contributed by atoms with Crippen LogP contribution in [0.1, 0.15) is 18.5 Å². The highest BCUT2D eigenvalue weighted by Gasteiger charge is 2.32. The monoisotopic (exact) mass is 458 g/mol. The average molecular weight is 460 g/mol. The van der Waals surface area contributed by atoms with Gasteiger partial charge in [-0.05, 0) is 52.2 Å². The molecule has 138 valence electrons. The molecule has 2 atom stereocenters. The van der Waals surface area contributed by atoms with Gasteiger partial charge < -0.3 is 15.0 Å². The summed E-state index contributed by atoms with van der Waals surface area (Å²) in [4.78, 5) is 23.0. The molecule has 1 aromatic carbocycles. The molecular formula is C17H17BrCl2N4O2. The average Bonchev–Trinajstić information content (AvgIpc) is 2.64. The Bertz CT molecular complexity index is 791. The Labute approximate surface area is 170 Å². The zero-order valence-electron chi connectivity index (χ0n) is 14.0. The number of anilines is 1. The van der Waals surface area contributed by atoms with Crippen molar-refractivity contribution in [2.75, 3.05) is 24.7 Å². The Morgan fingerprint density at radius 1 is 1.38 bits per heavy atom. The van der Waals surface area contributed by atoms with Crippen LogP contribution >= 0.6 is 39.1 Å². The predicted octanol–water partition coefficient (Wildman–Crippen LogP) is 3.63. The summed E-state index contributed by atoms with van der Waals surface area (Å²) < 4.78 is 6.19. The number of amides is 1. The summed E-state index contributed by atoms with van der Waals surface area (Å²) in [5.74, 6) is 0.432. The molecule has 2 aromatic rings. The van der Waals surface area contributed by atoms with Crippen molar-refractivity contribution in [3.63, 3.8) is 0 Å². The SMILES string of the molecule is C[C@H](NC(=O)[C@@H]1COCCN1c1nc(Cl)ncc1Br)c1ccc(Cl)cc1. The molecule has 1 N–H and O–H groups in total. The van der Waals surface area contributed by atoms with Crippen LogP contribution in [0.3, 0.4) is 0 Å². The van der Waals surface area contributed by atoms with Crippen LogP contribution in [0.25, 0.3) is 0 Å². The van der Waals surface area contributed by atoms with E-state index in [-0.39, 0.29) is 23.8 Å². The standard InChI is InChI=1S/C17H17BrCl2N4O2/c1-10(11-2-4-12(19)5-3-11)22-16(25)14-9-26-7-6-24(14)15-13(18)8-21-17(20)23-15/h2-5,8,10,14H,6-7,9H2,1H3,(H,22,25)/t10-,14-/m0/s1. The fourth-order valence-electron chi connectivity index (χ4n) is 2.76. The number of halogens is 3. The Morgan fingerprint density at radius 2 is 2.12 bits per heavy atom. The third-order valence-corrected chi connectivity index (χ3v) is 5.12. The predicted molar refractivity (Wildman–Crippen MR) is 105 cm³/mol. The Balaban J connectivity index is 1.77. The number of hydrogen-bond acceptors (Lipinski definition) is 5. The van der Waals surface area contributed by atoms with E-state index >= 15 is 0 Å². The number of aromatic nitrogens is 2. The van der Waals surface area contributed by atoms with Crippen LogP contribution in [0.4, 0.5) is 5.82 Å². The summed E-state index contributed by atoms with van der Waals surface area (Å²) in [6, 6.07) is 6.71. The maximum absolute atomic E-state index is 12.9. The summed E-state index contributed by atoms with van der Waals surface area (Å²) in [7, 11) is 0. The van der Waals surface area contributed by atoms with Crippen LogP contribution in [-0.2, 0) is 9.53 Å². The topological polar surface area (TPSA) is 67.3 Å². The molecule has 1 saturated heterocycles. The van der Waals surface area contributed by atoms with E-state index in [2.05, 4.69) is 31.2 Å². The van der Waals surface area contributed by atoms with Gasteiger partial charge in [-0.15, -0.1) is 0 Å². The lowest BCUT2D eigenvalue weighted by atomic mass is 10.1. The van der Waals surface area contributed by atoms with Gasteiger partial charge in [-0.25, -0.2) is 4.98 Å². The van der Waals surface area contributed by atoms with Crippen LogP contribution in [0.5, 0.6) is 0 Å². The first-order valence-corrected chi connectivity index (χ1v) is 9.59. The number of carbonyl (C=O) groups excluding carboxylic acids is 1. The second kappa shape index (κ2) is 8.52. The molecule has 1 aliphatic heterocycles. The van der Waals surface area contributed by atoms with Crippen molar-refractivity contribution in [1.29, 1.82) is 0 Å². The molecule has 1 aromatic heterocycles. The van der Waals surface area contributed by atoms with Crippen LogP contribution < -0.4 is 10.2 Å². The van der Waals surface area contributed by atoms with Gasteiger partial charge in [0.15, 0.2) is 0 Å². The van der Waals surface area contributed by atoms with E-state index in [1.165, 1.54) is 0 Å². The normalized spacial score (nSPS) is 18.5. The first-order chi connectivity index (χ1) is 12.5. The highest BCUT2D eigenvalue weighted by Crippen LogP contribution is 2.27. The van der Waals surface area contributed by atoms with Crippen molar-refractivity contribution in [3.8, 4) is 0 Å². The van der Waals surface area contributed by atoms with E-state index < -0.39 is 6.04 Å². The minimum absolute atomic E-state index is 0.128. The molecular weight excluding hydrogens is 443 g/mol. The Hall–Kier alpha value is -1.41. The van der Waals surface area contributed by atoms with Gasteiger partial charge in [-0.2, -0.15) is 4.98 Å². The Kier molecular flexibility index (Phi) is 6.34. The summed E-state index contributed by atoms with van der Waals surface area (Å²) in [5, 5.41) is 3.81. The molecule has 6 nitrogen and oxygen atoms in total. The van der Waals surface area contributed by atoms with Gasteiger partial charge in [0.1, 0.15) is 11.9 Å². The van der Waals surface area contributed by atoms with Gasteiger partial charge in [0.25, 0.3) is 0 Å². The van der Waals surface area contributed by atoms with Gasteiger partial charge in [0.2, 0.25) is 11.2 Å². The molecule has 1 amide bonds. The highest BCUT2D eigenvalue weighted by molar-refractivity contribution is 9.10. The van der Waals surface area contributed by atoms with E-state index in [0.717, 1.165) is 5.56 Å². The molecule has 0 unspecified atom stereocenters. The summed E-state index contributed by atoms with van der Waals surface area (Å²) in [5.41, 5.74) is 0.970. The number of carbonyl (C=O) groups is 1. The molecule has 3 rings (SSSR count). The van der Waals surface area contributed by atoms with Crippen molar-refractivity contribution < 1.29 is 9.53 Å². The van der Waals surface area contributed by atoms with Crippen molar-refractivity contribution in [2.24, 2.45) is 0 Å². The van der Waals surface area contributed by atoms with Gasteiger partial charge in [0, 0.05) is 17.8 Å². The number of morpholine rings is 1. The van der Waals surface area contributed by atoms with Crippen molar-refractivity contribution in [3.05, 3.63) is 50.8 Å². The zero-order chi connectivity index (χ0) is 18.7. The van der Waals surface area contributed by atoms with Gasteiger partial charge >= 0.3 is 0 Å². The number of benzene rings is 1. The molecule has 26 heavy (non-hydrogen) atoms. The summed E-state index contributed by atoms with van der Waals surface area (Å²) >= 11 is 15.3. The van der Waals surface area contributed by atoms with E-state index in [4.69, 9.17) is 27.9 Å².